The molecule has 2 aliphatic heterocycles. The molecule has 2 aliphatic rings. The predicted octanol–water partition coefficient (Wildman–Crippen LogP) is 5.68. The molecule has 3 aromatic carbocycles. The zero-order valence-corrected chi connectivity index (χ0v) is 27.3. The van der Waals surface area contributed by atoms with Crippen molar-refractivity contribution in [2.24, 2.45) is 4.99 Å². The largest absolute Gasteiger partial charge is 0.445 e. The number of morpholine rings is 1. The van der Waals surface area contributed by atoms with E-state index in [1.54, 1.807) is 30.2 Å². The van der Waals surface area contributed by atoms with E-state index in [-0.39, 0.29) is 12.5 Å². The number of nitrogens with zero attached hydrogens (tertiary/aromatic N) is 4. The van der Waals surface area contributed by atoms with Gasteiger partial charge in [0, 0.05) is 30.7 Å². The second kappa shape index (κ2) is 15.6. The number of rotatable bonds is 10. The number of thioether (sulfide) groups is 1. The number of aliphatic imine (C=N–C) groups is 1. The van der Waals surface area contributed by atoms with Crippen LogP contribution in [0.25, 0.3) is 0 Å². The number of pyridine rings is 1. The number of aromatic nitrogens is 1. The lowest BCUT2D eigenvalue weighted by Crippen LogP contribution is -2.41. The number of amidine groups is 1. The molecule has 2 N–H and O–H groups in total. The summed E-state index contributed by atoms with van der Waals surface area (Å²) in [6.07, 6.45) is 1.02. The van der Waals surface area contributed by atoms with Crippen LogP contribution in [-0.2, 0) is 32.2 Å². The van der Waals surface area contributed by atoms with Gasteiger partial charge in [-0.15, -0.1) is 0 Å². The van der Waals surface area contributed by atoms with E-state index < -0.39 is 23.3 Å². The first-order valence-corrected chi connectivity index (χ1v) is 16.6. The molecule has 2 saturated heterocycles. The van der Waals surface area contributed by atoms with Crippen LogP contribution < -0.4 is 15.5 Å². The van der Waals surface area contributed by atoms with Gasteiger partial charge in [-0.1, -0.05) is 60.3 Å². The minimum Gasteiger partial charge on any atom is -0.445 e. The van der Waals surface area contributed by atoms with E-state index in [0.29, 0.717) is 30.6 Å². The fourth-order valence-corrected chi connectivity index (χ4v) is 6.39. The molecule has 0 bridgehead atoms. The molecule has 0 spiro atoms. The molecule has 2 atom stereocenters. The number of anilines is 2. The van der Waals surface area contributed by atoms with Crippen molar-refractivity contribution in [1.82, 2.24) is 15.2 Å². The first-order chi connectivity index (χ1) is 23.4. The fourth-order valence-electron chi connectivity index (χ4n) is 5.22. The monoisotopic (exact) mass is 664 g/mol. The van der Waals surface area contributed by atoms with E-state index in [4.69, 9.17) is 14.5 Å². The number of hydrogen-bond donors (Lipinski definition) is 2. The zero-order valence-electron chi connectivity index (χ0n) is 26.5. The number of hydrogen-bond acceptors (Lipinski definition) is 9. The number of alkyl carbamates (subject to hydrolysis) is 1. The normalized spacial score (nSPS) is 17.6. The summed E-state index contributed by atoms with van der Waals surface area (Å²) in [7, 11) is 0. The molecule has 11 nitrogen and oxygen atoms in total. The Balaban J connectivity index is 1.11. The highest BCUT2D eigenvalue weighted by molar-refractivity contribution is 8.15. The summed E-state index contributed by atoms with van der Waals surface area (Å²) in [4.78, 5) is 52.1. The van der Waals surface area contributed by atoms with E-state index in [2.05, 4.69) is 20.5 Å². The number of carbonyl (C=O) groups is 3. The van der Waals surface area contributed by atoms with Gasteiger partial charge in [0.2, 0.25) is 11.8 Å². The van der Waals surface area contributed by atoms with Gasteiger partial charge in [-0.05, 0) is 66.6 Å². The Morgan fingerprint density at radius 1 is 0.979 bits per heavy atom. The van der Waals surface area contributed by atoms with Crippen LogP contribution in [0.3, 0.4) is 0 Å². The molecule has 0 saturated carbocycles. The van der Waals surface area contributed by atoms with Crippen molar-refractivity contribution in [1.29, 1.82) is 0 Å². The van der Waals surface area contributed by atoms with E-state index in [1.807, 2.05) is 84.9 Å². The molecule has 246 valence electrons. The molecule has 0 aliphatic carbocycles. The molecule has 48 heavy (non-hydrogen) atoms. The summed E-state index contributed by atoms with van der Waals surface area (Å²) in [6, 6.07) is 29.2. The van der Waals surface area contributed by atoms with Crippen molar-refractivity contribution in [2.75, 3.05) is 36.5 Å². The van der Waals surface area contributed by atoms with E-state index in [9.17, 15) is 14.4 Å². The number of amides is 3. The highest BCUT2D eigenvalue weighted by Crippen LogP contribution is 2.41. The lowest BCUT2D eigenvalue weighted by atomic mass is 10.1. The van der Waals surface area contributed by atoms with Crippen molar-refractivity contribution < 1.29 is 23.9 Å². The van der Waals surface area contributed by atoms with Gasteiger partial charge in [0.05, 0.1) is 31.1 Å². The van der Waals surface area contributed by atoms with Crippen molar-refractivity contribution in [3.05, 3.63) is 120 Å². The van der Waals surface area contributed by atoms with Crippen LogP contribution in [0.15, 0.2) is 108 Å². The summed E-state index contributed by atoms with van der Waals surface area (Å²) in [5.74, 6) is -0.501. The van der Waals surface area contributed by atoms with Gasteiger partial charge in [0.25, 0.3) is 0 Å². The Bertz CT molecular complexity index is 1730. The third-order valence-corrected chi connectivity index (χ3v) is 9.09. The number of ether oxygens (including phenoxy) is 2. The van der Waals surface area contributed by atoms with Gasteiger partial charge in [-0.25, -0.2) is 9.79 Å². The van der Waals surface area contributed by atoms with E-state index >= 15 is 0 Å². The van der Waals surface area contributed by atoms with Crippen LogP contribution >= 0.6 is 11.8 Å². The maximum Gasteiger partial charge on any atom is 0.408 e. The van der Waals surface area contributed by atoms with Crippen LogP contribution in [0.1, 0.15) is 29.0 Å². The Hall–Kier alpha value is -5.20. The average molecular weight is 665 g/mol. The Morgan fingerprint density at radius 3 is 2.42 bits per heavy atom. The fraction of sp³-hybridized carbons (Fsp3) is 0.250. The third kappa shape index (κ3) is 8.38. The molecule has 2 fully saturated rings. The topological polar surface area (TPSA) is 125 Å². The Labute approximate surface area is 283 Å². The second-order valence-electron chi connectivity index (χ2n) is 11.3. The van der Waals surface area contributed by atoms with Crippen LogP contribution in [0.4, 0.5) is 21.9 Å². The molecule has 1 unspecified atom stereocenters. The summed E-state index contributed by atoms with van der Waals surface area (Å²) in [6.45, 7) is 5.09. The average Bonchev–Trinajstić information content (AvgIpc) is 3.42. The predicted molar refractivity (Wildman–Crippen MR) is 186 cm³/mol. The van der Waals surface area contributed by atoms with Gasteiger partial charge in [-0.3, -0.25) is 19.5 Å². The lowest BCUT2D eigenvalue weighted by Gasteiger charge is -2.28. The van der Waals surface area contributed by atoms with Gasteiger partial charge in [0.1, 0.15) is 17.9 Å². The van der Waals surface area contributed by atoms with Crippen molar-refractivity contribution in [2.45, 2.75) is 31.4 Å². The highest BCUT2D eigenvalue weighted by atomic mass is 32.2. The molecule has 0 radical (unpaired) electrons. The molecule has 12 heteroatoms. The van der Waals surface area contributed by atoms with Gasteiger partial charge in [-0.2, -0.15) is 0 Å². The van der Waals surface area contributed by atoms with Crippen LogP contribution in [0.5, 0.6) is 0 Å². The molecule has 1 aromatic heterocycles. The van der Waals surface area contributed by atoms with Gasteiger partial charge >= 0.3 is 6.09 Å². The van der Waals surface area contributed by atoms with Crippen molar-refractivity contribution >= 4 is 51.9 Å². The molecular weight excluding hydrogens is 628 g/mol. The quantitative estimate of drug-likeness (QED) is 0.222. The van der Waals surface area contributed by atoms with E-state index in [1.165, 1.54) is 11.8 Å². The summed E-state index contributed by atoms with van der Waals surface area (Å²) >= 11 is 1.38. The maximum atomic E-state index is 13.8. The van der Waals surface area contributed by atoms with Crippen molar-refractivity contribution in [3.63, 3.8) is 0 Å². The minimum atomic E-state index is -0.832. The van der Waals surface area contributed by atoms with Crippen LogP contribution in [-0.4, -0.2) is 65.3 Å². The Morgan fingerprint density at radius 2 is 1.71 bits per heavy atom. The number of nitrogens with one attached hydrogen (secondary N) is 2. The first-order valence-electron chi connectivity index (χ1n) is 15.7. The van der Waals surface area contributed by atoms with E-state index in [0.717, 1.165) is 41.3 Å². The molecule has 4 aromatic rings. The minimum absolute atomic E-state index is 0.0991. The number of carbonyl (C=O) groups excluding carboxylic acids is 3. The summed E-state index contributed by atoms with van der Waals surface area (Å²) in [5, 5.41) is 5.42. The maximum absolute atomic E-state index is 13.8. The Kier molecular flexibility index (Phi) is 10.6. The molecule has 6 rings (SSSR count). The lowest BCUT2D eigenvalue weighted by molar-refractivity contribution is -0.126. The SMILES string of the molecule is C[C@H](NC(=O)OCc1ccccc1)C(=O)Nc1ccc(C2S/C(=N\c3ccc(N4CCOCC4)cc3)N(Cc3ccccn3)C2=O)cc1. The second-order valence-corrected chi connectivity index (χ2v) is 12.4. The molecular formula is C36H36N6O5S. The molecule has 3 amide bonds. The molecule has 3 heterocycles. The highest BCUT2D eigenvalue weighted by Gasteiger charge is 2.39. The zero-order chi connectivity index (χ0) is 33.3. The van der Waals surface area contributed by atoms with Gasteiger partial charge in [0.15, 0.2) is 5.17 Å². The van der Waals surface area contributed by atoms with Crippen LogP contribution in [0, 0.1) is 0 Å². The number of benzene rings is 3. The van der Waals surface area contributed by atoms with Gasteiger partial charge < -0.3 is 25.0 Å². The summed E-state index contributed by atoms with van der Waals surface area (Å²) < 4.78 is 10.7. The standard InChI is InChI=1S/C36H36N6O5S/c1-25(38-36(45)47-24-26-7-3-2-4-8-26)33(43)39-28-12-10-27(11-13-28)32-34(44)42(23-30-9-5-6-18-37-30)35(48-32)40-29-14-16-31(17-15-29)41-19-21-46-22-20-41/h2-18,25,32H,19-24H2,1H3,(H,38,45)(H,39,43)/b40-35-/t25-,32?/m0/s1. The first kappa shape index (κ1) is 32.7. The van der Waals surface area contributed by atoms with Crippen molar-refractivity contribution in [3.8, 4) is 0 Å². The third-order valence-electron chi connectivity index (χ3n) is 7.86. The summed E-state index contributed by atoms with van der Waals surface area (Å²) in [5.41, 5.74) is 4.77. The van der Waals surface area contributed by atoms with Crippen LogP contribution in [0.2, 0.25) is 0 Å². The smallest absolute Gasteiger partial charge is 0.408 e.